The van der Waals surface area contributed by atoms with Gasteiger partial charge < -0.3 is 4.98 Å². The van der Waals surface area contributed by atoms with E-state index in [0.29, 0.717) is 16.7 Å². The number of hydrogen-bond donors (Lipinski definition) is 2. The van der Waals surface area contributed by atoms with Crippen LogP contribution in [-0.2, 0) is 5.75 Å². The average Bonchev–Trinajstić information content (AvgIpc) is 3.17. The summed E-state index contributed by atoms with van der Waals surface area (Å²) in [4.78, 5) is 31.6. The molecule has 0 aliphatic carbocycles. The van der Waals surface area contributed by atoms with Crippen molar-refractivity contribution >= 4 is 45.5 Å². The maximum Gasteiger partial charge on any atom is 0.276 e. The summed E-state index contributed by atoms with van der Waals surface area (Å²) >= 11 is 4.33. The SMILES string of the molecule is CSCc1nc(C(=O)Nc2nnc(-c3cccs3)s2)cc(=O)[nH]1. The van der Waals surface area contributed by atoms with E-state index in [1.807, 2.05) is 23.8 Å². The zero-order valence-corrected chi connectivity index (χ0v) is 14.3. The Kier molecular flexibility index (Phi) is 4.84. The molecule has 0 fully saturated rings. The van der Waals surface area contributed by atoms with Crippen molar-refractivity contribution in [2.24, 2.45) is 0 Å². The summed E-state index contributed by atoms with van der Waals surface area (Å²) < 4.78 is 0. The molecule has 23 heavy (non-hydrogen) atoms. The fraction of sp³-hybridized carbons (Fsp3) is 0.154. The Labute approximate surface area is 143 Å². The van der Waals surface area contributed by atoms with E-state index in [-0.39, 0.29) is 11.3 Å². The summed E-state index contributed by atoms with van der Waals surface area (Å²) in [6.45, 7) is 0. The fourth-order valence-electron chi connectivity index (χ4n) is 1.76. The van der Waals surface area contributed by atoms with Crippen LogP contribution in [0.15, 0.2) is 28.4 Å². The first-order chi connectivity index (χ1) is 11.2. The molecule has 0 saturated carbocycles. The van der Waals surface area contributed by atoms with Crippen LogP contribution in [0.1, 0.15) is 16.3 Å². The van der Waals surface area contributed by atoms with E-state index >= 15 is 0 Å². The first kappa shape index (κ1) is 15.8. The molecule has 0 radical (unpaired) electrons. The van der Waals surface area contributed by atoms with Gasteiger partial charge in [-0.1, -0.05) is 17.4 Å². The zero-order chi connectivity index (χ0) is 16.2. The standard InChI is InChI=1S/C13H11N5O2S3/c1-21-6-9-14-7(5-10(19)15-9)11(20)16-13-18-17-12(23-13)8-3-2-4-22-8/h2-5H,6H2,1H3,(H,14,15,19)(H,16,18,20). The van der Waals surface area contributed by atoms with E-state index in [9.17, 15) is 9.59 Å². The molecule has 1 amide bonds. The predicted molar refractivity (Wildman–Crippen MR) is 93.3 cm³/mol. The Morgan fingerprint density at radius 3 is 3.04 bits per heavy atom. The highest BCUT2D eigenvalue weighted by atomic mass is 32.2. The summed E-state index contributed by atoms with van der Waals surface area (Å²) in [7, 11) is 0. The van der Waals surface area contributed by atoms with Gasteiger partial charge in [0.2, 0.25) is 5.13 Å². The van der Waals surface area contributed by atoms with Gasteiger partial charge in [-0.25, -0.2) is 4.98 Å². The summed E-state index contributed by atoms with van der Waals surface area (Å²) in [5.41, 5.74) is -0.295. The predicted octanol–water partition coefficient (Wildman–Crippen LogP) is 2.47. The molecule has 0 bridgehead atoms. The highest BCUT2D eigenvalue weighted by molar-refractivity contribution is 7.97. The highest BCUT2D eigenvalue weighted by Crippen LogP contribution is 2.29. The minimum absolute atomic E-state index is 0.0608. The van der Waals surface area contributed by atoms with Gasteiger partial charge in [-0.3, -0.25) is 14.9 Å². The van der Waals surface area contributed by atoms with Crippen LogP contribution >= 0.6 is 34.4 Å². The molecule has 0 spiro atoms. The van der Waals surface area contributed by atoms with E-state index in [4.69, 9.17) is 0 Å². The molecule has 3 aromatic heterocycles. The number of rotatable bonds is 5. The number of carbonyl (C=O) groups excluding carboxylic acids is 1. The van der Waals surface area contributed by atoms with Crippen LogP contribution in [0.4, 0.5) is 5.13 Å². The summed E-state index contributed by atoms with van der Waals surface area (Å²) in [5, 5.41) is 13.7. The summed E-state index contributed by atoms with van der Waals surface area (Å²) in [5.74, 6) is 0.511. The second-order valence-electron chi connectivity index (χ2n) is 4.35. The first-order valence-corrected chi connectivity index (χ1v) is 9.52. The molecule has 10 heteroatoms. The van der Waals surface area contributed by atoms with Gasteiger partial charge >= 0.3 is 0 Å². The Morgan fingerprint density at radius 2 is 2.30 bits per heavy atom. The number of anilines is 1. The molecule has 118 valence electrons. The van der Waals surface area contributed by atoms with Crippen molar-refractivity contribution in [1.29, 1.82) is 0 Å². The molecule has 7 nitrogen and oxygen atoms in total. The maximum absolute atomic E-state index is 12.2. The lowest BCUT2D eigenvalue weighted by Crippen LogP contribution is -2.20. The van der Waals surface area contributed by atoms with Crippen LogP contribution in [0.5, 0.6) is 0 Å². The van der Waals surface area contributed by atoms with Gasteiger partial charge in [-0.15, -0.1) is 21.5 Å². The van der Waals surface area contributed by atoms with Gasteiger partial charge in [-0.05, 0) is 17.7 Å². The van der Waals surface area contributed by atoms with Crippen molar-refractivity contribution in [3.05, 3.63) is 45.5 Å². The van der Waals surface area contributed by atoms with Crippen LogP contribution in [0.3, 0.4) is 0 Å². The van der Waals surface area contributed by atoms with E-state index in [2.05, 4.69) is 25.5 Å². The van der Waals surface area contributed by atoms with Crippen molar-refractivity contribution in [1.82, 2.24) is 20.2 Å². The molecular formula is C13H11N5O2S3. The minimum Gasteiger partial charge on any atom is -0.310 e. The van der Waals surface area contributed by atoms with Crippen molar-refractivity contribution in [3.63, 3.8) is 0 Å². The van der Waals surface area contributed by atoms with Crippen molar-refractivity contribution in [2.45, 2.75) is 5.75 Å². The van der Waals surface area contributed by atoms with Crippen LogP contribution < -0.4 is 10.9 Å². The normalized spacial score (nSPS) is 10.7. The van der Waals surface area contributed by atoms with Gasteiger partial charge in [0, 0.05) is 6.07 Å². The molecule has 3 aromatic rings. The summed E-state index contributed by atoms with van der Waals surface area (Å²) in [6.07, 6.45) is 1.89. The highest BCUT2D eigenvalue weighted by Gasteiger charge is 2.14. The molecule has 0 aliphatic heterocycles. The molecule has 3 heterocycles. The topological polar surface area (TPSA) is 101 Å². The first-order valence-electron chi connectivity index (χ1n) is 6.43. The van der Waals surface area contributed by atoms with E-state index in [1.54, 1.807) is 11.3 Å². The number of aromatic amines is 1. The number of hydrogen-bond acceptors (Lipinski definition) is 8. The molecule has 0 unspecified atom stereocenters. The molecule has 0 atom stereocenters. The Bertz CT molecular complexity index is 872. The number of thiophene rings is 1. The molecule has 0 saturated heterocycles. The van der Waals surface area contributed by atoms with Crippen LogP contribution in [0.2, 0.25) is 0 Å². The van der Waals surface area contributed by atoms with Crippen molar-refractivity contribution in [3.8, 4) is 9.88 Å². The van der Waals surface area contributed by atoms with Crippen LogP contribution in [0.25, 0.3) is 9.88 Å². The molecule has 0 aliphatic rings. The van der Waals surface area contributed by atoms with Crippen LogP contribution in [-0.4, -0.2) is 32.3 Å². The number of nitrogens with one attached hydrogen (secondary N) is 2. The number of carbonyl (C=O) groups is 1. The lowest BCUT2D eigenvalue weighted by molar-refractivity contribution is 0.102. The maximum atomic E-state index is 12.2. The third kappa shape index (κ3) is 3.84. The minimum atomic E-state index is -0.479. The van der Waals surface area contributed by atoms with Crippen molar-refractivity contribution < 1.29 is 4.79 Å². The smallest absolute Gasteiger partial charge is 0.276 e. The molecule has 2 N–H and O–H groups in total. The van der Waals surface area contributed by atoms with Gasteiger partial charge in [0.25, 0.3) is 11.5 Å². The number of thioether (sulfide) groups is 1. The fourth-order valence-corrected chi connectivity index (χ4v) is 3.71. The lowest BCUT2D eigenvalue weighted by Gasteiger charge is -2.02. The van der Waals surface area contributed by atoms with Gasteiger partial charge in [0.05, 0.1) is 10.6 Å². The van der Waals surface area contributed by atoms with E-state index < -0.39 is 5.91 Å². The zero-order valence-electron chi connectivity index (χ0n) is 11.9. The average molecular weight is 365 g/mol. The lowest BCUT2D eigenvalue weighted by atomic mass is 10.4. The number of amides is 1. The molecular weight excluding hydrogens is 354 g/mol. The Morgan fingerprint density at radius 1 is 1.43 bits per heavy atom. The summed E-state index contributed by atoms with van der Waals surface area (Å²) in [6, 6.07) is 5.03. The number of nitrogens with zero attached hydrogens (tertiary/aromatic N) is 3. The number of aromatic nitrogens is 4. The number of H-pyrrole nitrogens is 1. The van der Waals surface area contributed by atoms with E-state index in [0.717, 1.165) is 9.88 Å². The largest absolute Gasteiger partial charge is 0.310 e. The molecule has 0 aromatic carbocycles. The third-order valence-electron chi connectivity index (χ3n) is 2.68. The third-order valence-corrected chi connectivity index (χ3v) is 5.12. The Hall–Kier alpha value is -2.04. The second-order valence-corrected chi connectivity index (χ2v) is 7.15. The monoisotopic (exact) mass is 365 g/mol. The quantitative estimate of drug-likeness (QED) is 0.720. The van der Waals surface area contributed by atoms with Crippen molar-refractivity contribution in [2.75, 3.05) is 11.6 Å². The van der Waals surface area contributed by atoms with Gasteiger partial charge in [-0.2, -0.15) is 11.8 Å². The van der Waals surface area contributed by atoms with Crippen LogP contribution in [0, 0.1) is 0 Å². The van der Waals surface area contributed by atoms with Gasteiger partial charge in [0.15, 0.2) is 5.01 Å². The Balaban J connectivity index is 1.78. The van der Waals surface area contributed by atoms with E-state index in [1.165, 1.54) is 29.2 Å². The van der Waals surface area contributed by atoms with Gasteiger partial charge in [0.1, 0.15) is 11.5 Å². The molecule has 3 rings (SSSR count). The second kappa shape index (κ2) is 7.02.